The van der Waals surface area contributed by atoms with Crippen LogP contribution in [-0.2, 0) is 0 Å². The molecule has 0 heterocycles. The first-order valence-electron chi connectivity index (χ1n) is 6.69. The van der Waals surface area contributed by atoms with Gasteiger partial charge in [0, 0.05) is 0 Å². The molecular weight excluding hydrogens is 268 g/mol. The third kappa shape index (κ3) is 5.03. The molecule has 0 amide bonds. The van der Waals surface area contributed by atoms with Crippen LogP contribution in [0.5, 0.6) is 0 Å². The highest BCUT2D eigenvalue weighted by molar-refractivity contribution is 7.66. The highest BCUT2D eigenvalue weighted by Crippen LogP contribution is 2.34. The Morgan fingerprint density at radius 3 is 2.11 bits per heavy atom. The molecule has 2 rings (SSSR count). The standard InChI is InChI=1S/C16H21NP2/c17-11-13-19(16-9-5-2-6-10-16)14-12-18-15-7-3-1-4-8-15/h1-10,18H,11-14,17H2. The zero-order valence-corrected chi connectivity index (χ0v) is 13.0. The predicted octanol–water partition coefficient (Wildman–Crippen LogP) is 2.76. The Hall–Kier alpha value is -0.740. The molecule has 0 radical (unpaired) electrons. The average molecular weight is 289 g/mol. The molecule has 0 aliphatic rings. The van der Waals surface area contributed by atoms with Crippen molar-refractivity contribution in [3.63, 3.8) is 0 Å². The van der Waals surface area contributed by atoms with Gasteiger partial charge in [0.25, 0.3) is 0 Å². The molecule has 0 aliphatic heterocycles. The highest BCUT2D eigenvalue weighted by atomic mass is 31.1. The lowest BCUT2D eigenvalue weighted by Crippen LogP contribution is -2.13. The first kappa shape index (κ1) is 14.7. The Morgan fingerprint density at radius 1 is 0.842 bits per heavy atom. The van der Waals surface area contributed by atoms with Crippen molar-refractivity contribution in [2.75, 3.05) is 25.0 Å². The maximum atomic E-state index is 5.77. The van der Waals surface area contributed by atoms with Gasteiger partial charge in [-0.1, -0.05) is 77.2 Å². The van der Waals surface area contributed by atoms with E-state index in [1.807, 2.05) is 0 Å². The van der Waals surface area contributed by atoms with E-state index in [-0.39, 0.29) is 7.92 Å². The van der Waals surface area contributed by atoms with Crippen molar-refractivity contribution in [2.24, 2.45) is 5.73 Å². The summed E-state index contributed by atoms with van der Waals surface area (Å²) in [7, 11) is 0.852. The van der Waals surface area contributed by atoms with Crippen LogP contribution in [-0.4, -0.2) is 25.0 Å². The topological polar surface area (TPSA) is 26.0 Å². The fourth-order valence-electron chi connectivity index (χ4n) is 2.06. The van der Waals surface area contributed by atoms with Crippen LogP contribution >= 0.6 is 16.5 Å². The van der Waals surface area contributed by atoms with Crippen molar-refractivity contribution < 1.29 is 0 Å². The van der Waals surface area contributed by atoms with Crippen LogP contribution in [0.4, 0.5) is 0 Å². The molecule has 0 aromatic heterocycles. The largest absolute Gasteiger partial charge is 0.330 e. The summed E-state index contributed by atoms with van der Waals surface area (Å²) in [6.07, 6.45) is 3.73. The molecule has 2 unspecified atom stereocenters. The van der Waals surface area contributed by atoms with Gasteiger partial charge in [0.15, 0.2) is 0 Å². The summed E-state index contributed by atoms with van der Waals surface area (Å²) in [5.41, 5.74) is 5.77. The van der Waals surface area contributed by atoms with E-state index in [2.05, 4.69) is 60.7 Å². The van der Waals surface area contributed by atoms with Crippen molar-refractivity contribution in [3.8, 4) is 0 Å². The Balaban J connectivity index is 1.87. The minimum absolute atomic E-state index is 0.0702. The number of benzene rings is 2. The summed E-state index contributed by atoms with van der Waals surface area (Å²) in [6.45, 7) is 0.801. The quantitative estimate of drug-likeness (QED) is 0.779. The molecule has 2 N–H and O–H groups in total. The van der Waals surface area contributed by atoms with E-state index in [0.717, 1.165) is 21.3 Å². The van der Waals surface area contributed by atoms with Gasteiger partial charge in [-0.25, -0.2) is 0 Å². The summed E-state index contributed by atoms with van der Waals surface area (Å²) >= 11 is 0. The van der Waals surface area contributed by atoms with Crippen LogP contribution < -0.4 is 16.3 Å². The third-order valence-corrected chi connectivity index (χ3v) is 7.26. The molecule has 0 aliphatic carbocycles. The number of nitrogens with two attached hydrogens (primary N) is 1. The third-order valence-electron chi connectivity index (χ3n) is 3.00. The molecular formula is C16H21NP2. The van der Waals surface area contributed by atoms with Crippen molar-refractivity contribution in [3.05, 3.63) is 60.7 Å². The highest BCUT2D eigenvalue weighted by Gasteiger charge is 2.09. The van der Waals surface area contributed by atoms with E-state index >= 15 is 0 Å². The molecule has 100 valence electrons. The van der Waals surface area contributed by atoms with Gasteiger partial charge >= 0.3 is 0 Å². The van der Waals surface area contributed by atoms with Crippen LogP contribution in [0.25, 0.3) is 0 Å². The minimum atomic E-state index is -0.0702. The number of hydrogen-bond acceptors (Lipinski definition) is 1. The predicted molar refractivity (Wildman–Crippen MR) is 91.0 cm³/mol. The van der Waals surface area contributed by atoms with Gasteiger partial charge in [-0.2, -0.15) is 0 Å². The Kier molecular flexibility index (Phi) is 6.51. The van der Waals surface area contributed by atoms with Crippen molar-refractivity contribution in [1.82, 2.24) is 0 Å². The number of hydrogen-bond donors (Lipinski definition) is 1. The lowest BCUT2D eigenvalue weighted by Gasteiger charge is -2.17. The SMILES string of the molecule is NCCP(CCPc1ccccc1)c1ccccc1. The van der Waals surface area contributed by atoms with Gasteiger partial charge in [-0.3, -0.25) is 0 Å². The lowest BCUT2D eigenvalue weighted by molar-refractivity contribution is 1.14. The molecule has 0 saturated carbocycles. The average Bonchev–Trinajstić information content (AvgIpc) is 2.48. The monoisotopic (exact) mass is 289 g/mol. The van der Waals surface area contributed by atoms with Gasteiger partial charge in [0.2, 0.25) is 0 Å². The fraction of sp³-hybridized carbons (Fsp3) is 0.250. The zero-order valence-electron chi connectivity index (χ0n) is 11.1. The van der Waals surface area contributed by atoms with Gasteiger partial charge in [0.1, 0.15) is 0 Å². The smallest absolute Gasteiger partial charge is 0.00348 e. The molecule has 2 atom stereocenters. The van der Waals surface area contributed by atoms with Crippen LogP contribution in [0.3, 0.4) is 0 Å². The fourth-order valence-corrected chi connectivity index (χ4v) is 5.95. The van der Waals surface area contributed by atoms with Crippen LogP contribution in [0.15, 0.2) is 60.7 Å². The Labute approximate surface area is 119 Å². The molecule has 19 heavy (non-hydrogen) atoms. The minimum Gasteiger partial charge on any atom is -0.330 e. The first-order chi connectivity index (χ1) is 9.40. The second-order valence-electron chi connectivity index (χ2n) is 4.40. The molecule has 3 heteroatoms. The second-order valence-corrected chi connectivity index (χ2v) is 8.33. The van der Waals surface area contributed by atoms with Gasteiger partial charge in [-0.05, 0) is 35.6 Å². The van der Waals surface area contributed by atoms with Crippen LogP contribution in [0.1, 0.15) is 0 Å². The summed E-state index contributed by atoms with van der Waals surface area (Å²) in [5.74, 6) is 0. The first-order valence-corrected chi connectivity index (χ1v) is 9.61. The molecule has 2 aromatic rings. The van der Waals surface area contributed by atoms with Crippen LogP contribution in [0.2, 0.25) is 0 Å². The van der Waals surface area contributed by atoms with Gasteiger partial charge in [-0.15, -0.1) is 0 Å². The Bertz CT molecular complexity index is 459. The number of rotatable bonds is 7. The maximum absolute atomic E-state index is 5.77. The molecule has 0 bridgehead atoms. The lowest BCUT2D eigenvalue weighted by atomic mass is 10.4. The van der Waals surface area contributed by atoms with E-state index in [4.69, 9.17) is 5.73 Å². The van der Waals surface area contributed by atoms with Crippen molar-refractivity contribution in [2.45, 2.75) is 0 Å². The summed E-state index contributed by atoms with van der Waals surface area (Å²) in [6, 6.07) is 21.7. The molecule has 2 aromatic carbocycles. The maximum Gasteiger partial charge on any atom is -0.00348 e. The summed E-state index contributed by atoms with van der Waals surface area (Å²) in [4.78, 5) is 0. The van der Waals surface area contributed by atoms with E-state index in [1.54, 1.807) is 0 Å². The second kappa shape index (κ2) is 8.43. The van der Waals surface area contributed by atoms with E-state index in [9.17, 15) is 0 Å². The summed E-state index contributed by atoms with van der Waals surface area (Å²) in [5, 5.41) is 2.97. The zero-order chi connectivity index (χ0) is 13.3. The Morgan fingerprint density at radius 2 is 1.47 bits per heavy atom. The summed E-state index contributed by atoms with van der Waals surface area (Å²) < 4.78 is 0. The van der Waals surface area contributed by atoms with Gasteiger partial charge < -0.3 is 5.73 Å². The van der Waals surface area contributed by atoms with Crippen LogP contribution in [0, 0.1) is 0 Å². The van der Waals surface area contributed by atoms with Crippen molar-refractivity contribution >= 4 is 27.1 Å². The molecule has 0 fully saturated rings. The molecule has 0 spiro atoms. The van der Waals surface area contributed by atoms with E-state index in [0.29, 0.717) is 0 Å². The molecule has 1 nitrogen and oxygen atoms in total. The normalized spacial score (nSPS) is 12.9. The van der Waals surface area contributed by atoms with Gasteiger partial charge in [0.05, 0.1) is 0 Å². The molecule has 0 saturated heterocycles. The van der Waals surface area contributed by atoms with Crippen molar-refractivity contribution in [1.29, 1.82) is 0 Å². The van der Waals surface area contributed by atoms with E-state index in [1.165, 1.54) is 22.9 Å². The van der Waals surface area contributed by atoms with E-state index < -0.39 is 0 Å².